The molecule has 1 amide bonds. The molecule has 0 saturated heterocycles. The lowest BCUT2D eigenvalue weighted by molar-refractivity contribution is 0.111. The third-order valence-electron chi connectivity index (χ3n) is 5.82. The van der Waals surface area contributed by atoms with Crippen LogP contribution in [0.3, 0.4) is 0 Å². The van der Waals surface area contributed by atoms with Gasteiger partial charge in [0.05, 0.1) is 12.1 Å². The maximum absolute atomic E-state index is 12.5. The van der Waals surface area contributed by atoms with Gasteiger partial charge in [-0.2, -0.15) is 0 Å². The fourth-order valence-corrected chi connectivity index (χ4v) is 4.51. The van der Waals surface area contributed by atoms with E-state index in [2.05, 4.69) is 29.6 Å². The van der Waals surface area contributed by atoms with Crippen molar-refractivity contribution in [3.8, 4) is 11.1 Å². The highest BCUT2D eigenvalue weighted by Crippen LogP contribution is 2.44. The van der Waals surface area contributed by atoms with Gasteiger partial charge in [0.1, 0.15) is 6.61 Å². The van der Waals surface area contributed by atoms with E-state index in [1.54, 1.807) is 0 Å². The number of alkyl carbamates (subject to hydrolysis) is 1. The van der Waals surface area contributed by atoms with Crippen molar-refractivity contribution in [3.63, 3.8) is 0 Å². The van der Waals surface area contributed by atoms with Crippen LogP contribution in [0.25, 0.3) is 11.1 Å². The van der Waals surface area contributed by atoms with Gasteiger partial charge in [0, 0.05) is 12.3 Å². The summed E-state index contributed by atoms with van der Waals surface area (Å²) in [5.74, 6) is 0.0268. The van der Waals surface area contributed by atoms with Crippen molar-refractivity contribution in [2.75, 3.05) is 6.61 Å². The molecule has 3 aromatic rings. The van der Waals surface area contributed by atoms with Gasteiger partial charge in [-0.1, -0.05) is 72.8 Å². The monoisotopic (exact) mass is 371 g/mol. The van der Waals surface area contributed by atoms with Crippen LogP contribution >= 0.6 is 0 Å². The van der Waals surface area contributed by atoms with Gasteiger partial charge in [-0.3, -0.25) is 0 Å². The zero-order valence-electron chi connectivity index (χ0n) is 15.3. The zero-order valence-corrected chi connectivity index (χ0v) is 15.3. The molecule has 4 heteroatoms. The second-order valence-electron chi connectivity index (χ2n) is 7.42. The Morgan fingerprint density at radius 2 is 1.46 bits per heavy atom. The van der Waals surface area contributed by atoms with Crippen molar-refractivity contribution in [1.29, 1.82) is 0 Å². The number of rotatable bonds is 3. The quantitative estimate of drug-likeness (QED) is 0.726. The molecular weight excluding hydrogens is 350 g/mol. The van der Waals surface area contributed by atoms with E-state index in [9.17, 15) is 9.90 Å². The Morgan fingerprint density at radius 3 is 2.14 bits per heavy atom. The average molecular weight is 371 g/mol. The number of hydrogen-bond donors (Lipinski definition) is 2. The van der Waals surface area contributed by atoms with Gasteiger partial charge >= 0.3 is 6.09 Å². The molecule has 4 nitrogen and oxygen atoms in total. The molecule has 0 aromatic heterocycles. The van der Waals surface area contributed by atoms with Crippen molar-refractivity contribution in [2.24, 2.45) is 0 Å². The van der Waals surface area contributed by atoms with Crippen LogP contribution in [0.4, 0.5) is 4.79 Å². The molecule has 140 valence electrons. The lowest BCUT2D eigenvalue weighted by Crippen LogP contribution is -2.34. The molecule has 28 heavy (non-hydrogen) atoms. The topological polar surface area (TPSA) is 58.6 Å². The largest absolute Gasteiger partial charge is 0.449 e. The minimum absolute atomic E-state index is 0.0268. The minimum Gasteiger partial charge on any atom is -0.449 e. The number of carbonyl (C=O) groups is 1. The van der Waals surface area contributed by atoms with Gasteiger partial charge in [-0.05, 0) is 33.4 Å². The second kappa shape index (κ2) is 6.80. The summed E-state index contributed by atoms with van der Waals surface area (Å²) >= 11 is 0. The summed E-state index contributed by atoms with van der Waals surface area (Å²) < 4.78 is 5.60. The first kappa shape index (κ1) is 17.0. The van der Waals surface area contributed by atoms with Gasteiger partial charge in [0.25, 0.3) is 0 Å². The number of fused-ring (bicyclic) bond motifs is 4. The number of aliphatic hydroxyl groups is 1. The summed E-state index contributed by atoms with van der Waals surface area (Å²) in [7, 11) is 0. The van der Waals surface area contributed by atoms with E-state index in [0.717, 1.165) is 11.1 Å². The molecule has 0 saturated carbocycles. The van der Waals surface area contributed by atoms with Gasteiger partial charge in [0.2, 0.25) is 0 Å². The molecule has 5 rings (SSSR count). The molecular formula is C24H21NO3. The Balaban J connectivity index is 1.31. The van der Waals surface area contributed by atoms with E-state index in [0.29, 0.717) is 6.42 Å². The van der Waals surface area contributed by atoms with E-state index in [4.69, 9.17) is 4.74 Å². The third kappa shape index (κ3) is 2.77. The predicted molar refractivity (Wildman–Crippen MR) is 107 cm³/mol. The number of aliphatic hydroxyl groups excluding tert-OH is 1. The maximum atomic E-state index is 12.5. The van der Waals surface area contributed by atoms with Crippen LogP contribution in [0, 0.1) is 0 Å². The Hall–Kier alpha value is -3.11. The molecule has 2 N–H and O–H groups in total. The van der Waals surface area contributed by atoms with Crippen molar-refractivity contribution in [1.82, 2.24) is 5.32 Å². The molecule has 0 aliphatic heterocycles. The summed E-state index contributed by atoms with van der Waals surface area (Å²) in [6, 6.07) is 23.9. The van der Waals surface area contributed by atoms with Gasteiger partial charge in [0.15, 0.2) is 0 Å². The van der Waals surface area contributed by atoms with Crippen molar-refractivity contribution < 1.29 is 14.6 Å². The van der Waals surface area contributed by atoms with Crippen LogP contribution in [0.5, 0.6) is 0 Å². The number of carbonyl (C=O) groups excluding carboxylic acids is 1. The molecule has 2 aliphatic carbocycles. The van der Waals surface area contributed by atoms with Crippen LogP contribution in [-0.4, -0.2) is 23.9 Å². The Kier molecular flexibility index (Phi) is 4.14. The van der Waals surface area contributed by atoms with E-state index in [1.807, 2.05) is 48.5 Å². The Bertz CT molecular complexity index is 1000. The van der Waals surface area contributed by atoms with Crippen LogP contribution in [0.15, 0.2) is 72.8 Å². The smallest absolute Gasteiger partial charge is 0.407 e. The molecule has 2 atom stereocenters. The van der Waals surface area contributed by atoms with Gasteiger partial charge < -0.3 is 15.2 Å². The Labute approximate surface area is 163 Å². The molecule has 2 aliphatic rings. The first-order valence-corrected chi connectivity index (χ1v) is 9.60. The summed E-state index contributed by atoms with van der Waals surface area (Å²) in [5.41, 5.74) is 6.80. The van der Waals surface area contributed by atoms with Crippen LogP contribution in [-0.2, 0) is 11.2 Å². The maximum Gasteiger partial charge on any atom is 0.407 e. The molecule has 0 bridgehead atoms. The van der Waals surface area contributed by atoms with Gasteiger partial charge in [-0.25, -0.2) is 4.79 Å². The number of hydrogen-bond acceptors (Lipinski definition) is 3. The lowest BCUT2D eigenvalue weighted by Gasteiger charge is -2.19. The molecule has 0 unspecified atom stereocenters. The average Bonchev–Trinajstić information content (AvgIpc) is 3.21. The molecule has 0 spiro atoms. The minimum atomic E-state index is -0.627. The van der Waals surface area contributed by atoms with Crippen LogP contribution in [0.2, 0.25) is 0 Å². The number of ether oxygens (including phenoxy) is 1. The van der Waals surface area contributed by atoms with E-state index in [1.165, 1.54) is 22.3 Å². The second-order valence-corrected chi connectivity index (χ2v) is 7.42. The SMILES string of the molecule is O=C(N[C@@H]1c2ccccc2C[C@H]1O)OCC1c2ccccc2-c2ccccc21. The van der Waals surface area contributed by atoms with Crippen molar-refractivity contribution in [2.45, 2.75) is 24.5 Å². The highest BCUT2D eigenvalue weighted by molar-refractivity contribution is 5.79. The predicted octanol–water partition coefficient (Wildman–Crippen LogP) is 4.18. The van der Waals surface area contributed by atoms with E-state index >= 15 is 0 Å². The standard InChI is InChI=1S/C24H21NO3/c26-22-13-15-7-1-2-8-16(15)23(22)25-24(27)28-14-21-19-11-5-3-9-17(19)18-10-4-6-12-20(18)21/h1-12,21-23,26H,13-14H2,(H,25,27)/t22-,23-/m1/s1. The summed E-state index contributed by atoms with van der Waals surface area (Å²) in [6.07, 6.45) is -0.578. The number of benzene rings is 3. The first-order valence-electron chi connectivity index (χ1n) is 9.60. The van der Waals surface area contributed by atoms with Crippen molar-refractivity contribution >= 4 is 6.09 Å². The number of amides is 1. The highest BCUT2D eigenvalue weighted by atomic mass is 16.5. The number of nitrogens with one attached hydrogen (secondary N) is 1. The molecule has 0 radical (unpaired) electrons. The summed E-state index contributed by atoms with van der Waals surface area (Å²) in [4.78, 5) is 12.5. The molecule has 0 fully saturated rings. The first-order chi connectivity index (χ1) is 13.7. The van der Waals surface area contributed by atoms with E-state index in [-0.39, 0.29) is 12.5 Å². The van der Waals surface area contributed by atoms with Gasteiger partial charge in [-0.15, -0.1) is 0 Å². The molecule has 0 heterocycles. The highest BCUT2D eigenvalue weighted by Gasteiger charge is 2.33. The van der Waals surface area contributed by atoms with Crippen molar-refractivity contribution in [3.05, 3.63) is 95.1 Å². The van der Waals surface area contributed by atoms with E-state index < -0.39 is 18.2 Å². The lowest BCUT2D eigenvalue weighted by atomic mass is 9.98. The summed E-state index contributed by atoms with van der Waals surface area (Å²) in [5, 5.41) is 13.2. The molecule has 3 aromatic carbocycles. The normalized spacial score (nSPS) is 19.6. The zero-order chi connectivity index (χ0) is 19.1. The van der Waals surface area contributed by atoms with Crippen LogP contribution < -0.4 is 5.32 Å². The fraction of sp³-hybridized carbons (Fsp3) is 0.208. The third-order valence-corrected chi connectivity index (χ3v) is 5.82. The van der Waals surface area contributed by atoms with Crippen LogP contribution in [0.1, 0.15) is 34.2 Å². The Morgan fingerprint density at radius 1 is 0.893 bits per heavy atom. The fourth-order valence-electron chi connectivity index (χ4n) is 4.51. The summed E-state index contributed by atoms with van der Waals surface area (Å²) in [6.45, 7) is 0.268.